The van der Waals surface area contributed by atoms with Gasteiger partial charge in [-0.05, 0) is 56.1 Å². The minimum Gasteiger partial charge on any atom is -0.497 e. The van der Waals surface area contributed by atoms with Crippen LogP contribution in [0.1, 0.15) is 12.0 Å². The lowest BCUT2D eigenvalue weighted by Crippen LogP contribution is -2.13. The van der Waals surface area contributed by atoms with Crippen molar-refractivity contribution in [1.29, 1.82) is 0 Å². The maximum absolute atomic E-state index is 12.1. The van der Waals surface area contributed by atoms with Crippen LogP contribution in [0, 0.1) is 0 Å². The van der Waals surface area contributed by atoms with Gasteiger partial charge < -0.3 is 15.0 Å². The van der Waals surface area contributed by atoms with Gasteiger partial charge in [-0.1, -0.05) is 12.1 Å². The molecular formula is C19H24N2O2S. The smallest absolute Gasteiger partial charge is 0.225 e. The van der Waals surface area contributed by atoms with Gasteiger partial charge in [-0.3, -0.25) is 4.79 Å². The summed E-state index contributed by atoms with van der Waals surface area (Å²) < 4.78 is 5.14. The van der Waals surface area contributed by atoms with Crippen LogP contribution >= 0.6 is 11.8 Å². The summed E-state index contributed by atoms with van der Waals surface area (Å²) in [6.07, 6.45) is 0.481. The van der Waals surface area contributed by atoms with Crippen LogP contribution in [-0.2, 0) is 11.3 Å². The highest BCUT2D eigenvalue weighted by atomic mass is 32.2. The summed E-state index contributed by atoms with van der Waals surface area (Å²) in [6, 6.07) is 15.9. The van der Waals surface area contributed by atoms with Gasteiger partial charge in [-0.25, -0.2) is 0 Å². The number of anilines is 1. The molecule has 24 heavy (non-hydrogen) atoms. The lowest BCUT2D eigenvalue weighted by Gasteiger charge is -2.11. The molecule has 0 bridgehead atoms. The zero-order chi connectivity index (χ0) is 17.4. The maximum atomic E-state index is 12.1. The number of hydrogen-bond donors (Lipinski definition) is 1. The molecule has 128 valence electrons. The van der Waals surface area contributed by atoms with Crippen molar-refractivity contribution in [2.75, 3.05) is 32.3 Å². The highest BCUT2D eigenvalue weighted by molar-refractivity contribution is 7.99. The summed E-state index contributed by atoms with van der Waals surface area (Å²) in [5.74, 6) is 1.63. The first kappa shape index (κ1) is 18.4. The van der Waals surface area contributed by atoms with E-state index in [0.717, 1.165) is 28.6 Å². The minimum atomic E-state index is 0.0398. The first-order chi connectivity index (χ1) is 11.6. The summed E-state index contributed by atoms with van der Waals surface area (Å²) in [6.45, 7) is 0.858. The molecule has 0 aromatic heterocycles. The normalized spacial score (nSPS) is 10.7. The van der Waals surface area contributed by atoms with Crippen molar-refractivity contribution in [2.45, 2.75) is 17.9 Å². The Labute approximate surface area is 148 Å². The molecule has 0 unspecified atom stereocenters. The van der Waals surface area contributed by atoms with Gasteiger partial charge in [0.1, 0.15) is 5.75 Å². The standard InChI is InChI=1S/C19H24N2O2S/c1-21(2)14-15-5-4-6-16(13-15)20-19(22)11-12-24-18-9-7-17(23-3)8-10-18/h4-10,13H,11-12,14H2,1-3H3,(H,20,22). The Kier molecular flexibility index (Phi) is 7.15. The Morgan fingerprint density at radius 2 is 1.92 bits per heavy atom. The van der Waals surface area contributed by atoms with Gasteiger partial charge in [0.15, 0.2) is 0 Å². The van der Waals surface area contributed by atoms with Crippen LogP contribution in [0.5, 0.6) is 5.75 Å². The van der Waals surface area contributed by atoms with Gasteiger partial charge >= 0.3 is 0 Å². The van der Waals surface area contributed by atoms with E-state index in [4.69, 9.17) is 4.74 Å². The minimum absolute atomic E-state index is 0.0398. The SMILES string of the molecule is COc1ccc(SCCC(=O)Nc2cccc(CN(C)C)c2)cc1. The van der Waals surface area contributed by atoms with E-state index < -0.39 is 0 Å². The number of nitrogens with one attached hydrogen (secondary N) is 1. The highest BCUT2D eigenvalue weighted by Crippen LogP contribution is 2.22. The predicted octanol–water partition coefficient (Wildman–Crippen LogP) is 3.88. The number of carbonyl (C=O) groups excluding carboxylic acids is 1. The van der Waals surface area contributed by atoms with Crippen molar-refractivity contribution in [1.82, 2.24) is 4.90 Å². The Balaban J connectivity index is 1.78. The van der Waals surface area contributed by atoms with Crippen LogP contribution in [0.25, 0.3) is 0 Å². The van der Waals surface area contributed by atoms with Gasteiger partial charge in [0.05, 0.1) is 7.11 Å². The Bertz CT molecular complexity index is 657. The number of amides is 1. The van der Waals surface area contributed by atoms with Gasteiger partial charge in [-0.2, -0.15) is 0 Å². The van der Waals surface area contributed by atoms with Crippen LogP contribution < -0.4 is 10.1 Å². The predicted molar refractivity (Wildman–Crippen MR) is 101 cm³/mol. The molecule has 0 saturated carbocycles. The lowest BCUT2D eigenvalue weighted by molar-refractivity contribution is -0.115. The third kappa shape index (κ3) is 6.26. The fraction of sp³-hybridized carbons (Fsp3) is 0.316. The van der Waals surface area contributed by atoms with Crippen LogP contribution in [0.3, 0.4) is 0 Å². The Morgan fingerprint density at radius 1 is 1.17 bits per heavy atom. The molecule has 0 saturated heterocycles. The first-order valence-corrected chi connectivity index (χ1v) is 8.86. The molecule has 4 nitrogen and oxygen atoms in total. The zero-order valence-electron chi connectivity index (χ0n) is 14.4. The van der Waals surface area contributed by atoms with Crippen molar-refractivity contribution >= 4 is 23.4 Å². The van der Waals surface area contributed by atoms with Crippen LogP contribution in [-0.4, -0.2) is 37.8 Å². The average molecular weight is 344 g/mol. The molecule has 1 amide bonds. The average Bonchev–Trinajstić information content (AvgIpc) is 2.55. The summed E-state index contributed by atoms with van der Waals surface area (Å²) in [4.78, 5) is 15.3. The van der Waals surface area contributed by atoms with Crippen molar-refractivity contribution in [3.8, 4) is 5.75 Å². The van der Waals surface area contributed by atoms with E-state index in [0.29, 0.717) is 6.42 Å². The summed E-state index contributed by atoms with van der Waals surface area (Å²) >= 11 is 1.67. The van der Waals surface area contributed by atoms with Gasteiger partial charge in [0.2, 0.25) is 5.91 Å². The van der Waals surface area contributed by atoms with Crippen LogP contribution in [0.15, 0.2) is 53.4 Å². The number of hydrogen-bond acceptors (Lipinski definition) is 4. The molecule has 1 N–H and O–H groups in total. The van der Waals surface area contributed by atoms with E-state index in [1.54, 1.807) is 18.9 Å². The lowest BCUT2D eigenvalue weighted by atomic mass is 10.2. The molecule has 2 rings (SSSR count). The molecule has 0 aliphatic rings. The summed E-state index contributed by atoms with van der Waals surface area (Å²) in [7, 11) is 5.71. The van der Waals surface area contributed by atoms with Gasteiger partial charge in [-0.15, -0.1) is 11.8 Å². The van der Waals surface area contributed by atoms with Crippen LogP contribution in [0.2, 0.25) is 0 Å². The second-order valence-corrected chi connectivity index (χ2v) is 6.93. The number of thioether (sulfide) groups is 1. The molecule has 0 heterocycles. The van der Waals surface area contributed by atoms with E-state index in [1.807, 2.05) is 56.6 Å². The number of rotatable bonds is 8. The molecular weight excluding hydrogens is 320 g/mol. The van der Waals surface area contributed by atoms with E-state index in [1.165, 1.54) is 5.56 Å². The third-order valence-corrected chi connectivity index (χ3v) is 4.38. The highest BCUT2D eigenvalue weighted by Gasteiger charge is 2.04. The monoisotopic (exact) mass is 344 g/mol. The van der Waals surface area contributed by atoms with Gasteiger partial charge in [0, 0.05) is 29.3 Å². The van der Waals surface area contributed by atoms with E-state index in [2.05, 4.69) is 16.3 Å². The van der Waals surface area contributed by atoms with E-state index in [-0.39, 0.29) is 5.91 Å². The molecule has 0 spiro atoms. The molecule has 0 atom stereocenters. The summed E-state index contributed by atoms with van der Waals surface area (Å²) in [5, 5.41) is 2.97. The zero-order valence-corrected chi connectivity index (χ0v) is 15.2. The largest absolute Gasteiger partial charge is 0.497 e. The number of ether oxygens (including phenoxy) is 1. The fourth-order valence-corrected chi connectivity index (χ4v) is 3.12. The molecule has 0 aliphatic carbocycles. The number of methoxy groups -OCH3 is 1. The molecule has 0 fully saturated rings. The fourth-order valence-electron chi connectivity index (χ4n) is 2.27. The maximum Gasteiger partial charge on any atom is 0.225 e. The molecule has 2 aromatic carbocycles. The van der Waals surface area contributed by atoms with Gasteiger partial charge in [0.25, 0.3) is 0 Å². The second kappa shape index (κ2) is 9.35. The first-order valence-electron chi connectivity index (χ1n) is 7.87. The number of nitrogens with zero attached hydrogens (tertiary/aromatic N) is 1. The molecule has 0 aliphatic heterocycles. The second-order valence-electron chi connectivity index (χ2n) is 5.76. The van der Waals surface area contributed by atoms with Crippen molar-refractivity contribution < 1.29 is 9.53 Å². The number of carbonyl (C=O) groups is 1. The van der Waals surface area contributed by atoms with Crippen molar-refractivity contribution in [3.63, 3.8) is 0 Å². The number of benzene rings is 2. The Hall–Kier alpha value is -1.98. The Morgan fingerprint density at radius 3 is 2.58 bits per heavy atom. The third-order valence-electron chi connectivity index (χ3n) is 3.37. The van der Waals surface area contributed by atoms with Crippen LogP contribution in [0.4, 0.5) is 5.69 Å². The summed E-state index contributed by atoms with van der Waals surface area (Å²) in [5.41, 5.74) is 2.04. The van der Waals surface area contributed by atoms with E-state index >= 15 is 0 Å². The molecule has 0 radical (unpaired) electrons. The van der Waals surface area contributed by atoms with Crippen molar-refractivity contribution in [3.05, 3.63) is 54.1 Å². The topological polar surface area (TPSA) is 41.6 Å². The van der Waals surface area contributed by atoms with Crippen molar-refractivity contribution in [2.24, 2.45) is 0 Å². The molecule has 2 aromatic rings. The molecule has 5 heteroatoms. The quantitative estimate of drug-likeness (QED) is 0.738. The van der Waals surface area contributed by atoms with E-state index in [9.17, 15) is 4.79 Å².